The molecule has 3 heterocycles. The summed E-state index contributed by atoms with van der Waals surface area (Å²) >= 11 is 9.48. The predicted molar refractivity (Wildman–Crippen MR) is 60.1 cm³/mol. The van der Waals surface area contributed by atoms with E-state index in [0.717, 1.165) is 28.7 Å². The minimum absolute atomic E-state index is 0.366. The highest BCUT2D eigenvalue weighted by Gasteiger charge is 2.24. The standard InChI is InChI=1S/C9H7BrClN3O/c10-6-1-14(5-2-15-3-5)9-7(6)8(11)12-4-13-9/h1,4-5H,2-3H2. The van der Waals surface area contributed by atoms with Gasteiger partial charge in [-0.3, -0.25) is 0 Å². The maximum Gasteiger partial charge on any atom is 0.146 e. The molecule has 0 saturated carbocycles. The maximum absolute atomic E-state index is 6.02. The van der Waals surface area contributed by atoms with Gasteiger partial charge in [-0.1, -0.05) is 11.6 Å². The molecule has 1 saturated heterocycles. The van der Waals surface area contributed by atoms with Crippen molar-refractivity contribution in [3.05, 3.63) is 22.1 Å². The van der Waals surface area contributed by atoms with Crippen molar-refractivity contribution in [1.29, 1.82) is 0 Å². The van der Waals surface area contributed by atoms with E-state index in [4.69, 9.17) is 16.3 Å². The molecule has 78 valence electrons. The molecule has 0 atom stereocenters. The van der Waals surface area contributed by atoms with Crippen molar-refractivity contribution in [2.45, 2.75) is 6.04 Å². The number of rotatable bonds is 1. The fraction of sp³-hybridized carbons (Fsp3) is 0.333. The molecule has 0 radical (unpaired) electrons. The molecule has 1 fully saturated rings. The lowest BCUT2D eigenvalue weighted by atomic mass is 10.2. The first-order valence-corrected chi connectivity index (χ1v) is 5.69. The summed E-state index contributed by atoms with van der Waals surface area (Å²) in [4.78, 5) is 8.21. The molecule has 2 aromatic rings. The van der Waals surface area contributed by atoms with Crippen LogP contribution in [0.5, 0.6) is 0 Å². The van der Waals surface area contributed by atoms with Crippen LogP contribution in [0.3, 0.4) is 0 Å². The van der Waals surface area contributed by atoms with Crippen LogP contribution in [-0.2, 0) is 4.74 Å². The summed E-state index contributed by atoms with van der Waals surface area (Å²) in [6.07, 6.45) is 3.46. The van der Waals surface area contributed by atoms with E-state index >= 15 is 0 Å². The Bertz CT molecular complexity index is 523. The largest absolute Gasteiger partial charge is 0.377 e. The third kappa shape index (κ3) is 1.38. The van der Waals surface area contributed by atoms with Crippen molar-refractivity contribution >= 4 is 38.6 Å². The lowest BCUT2D eigenvalue weighted by Gasteiger charge is -2.27. The second kappa shape index (κ2) is 3.43. The van der Waals surface area contributed by atoms with Crippen molar-refractivity contribution in [2.75, 3.05) is 13.2 Å². The van der Waals surface area contributed by atoms with Gasteiger partial charge in [0.05, 0.1) is 24.6 Å². The van der Waals surface area contributed by atoms with Gasteiger partial charge < -0.3 is 9.30 Å². The van der Waals surface area contributed by atoms with Gasteiger partial charge in [-0.25, -0.2) is 9.97 Å². The molecule has 0 aliphatic carbocycles. The lowest BCUT2D eigenvalue weighted by molar-refractivity contribution is -0.0216. The number of ether oxygens (including phenoxy) is 1. The summed E-state index contributed by atoms with van der Waals surface area (Å²) in [5, 5.41) is 1.34. The number of aromatic nitrogens is 3. The first-order valence-electron chi connectivity index (χ1n) is 4.51. The van der Waals surface area contributed by atoms with Gasteiger partial charge in [0.25, 0.3) is 0 Å². The normalized spacial score (nSPS) is 16.9. The predicted octanol–water partition coefficient (Wildman–Crippen LogP) is 2.42. The van der Waals surface area contributed by atoms with Crippen LogP contribution >= 0.6 is 27.5 Å². The zero-order valence-corrected chi connectivity index (χ0v) is 9.99. The van der Waals surface area contributed by atoms with Crippen LogP contribution in [0.25, 0.3) is 11.0 Å². The summed E-state index contributed by atoms with van der Waals surface area (Å²) in [6, 6.07) is 0.366. The highest BCUT2D eigenvalue weighted by molar-refractivity contribution is 9.10. The van der Waals surface area contributed by atoms with E-state index in [1.807, 2.05) is 6.20 Å². The van der Waals surface area contributed by atoms with Crippen LogP contribution in [0.4, 0.5) is 0 Å². The molecule has 15 heavy (non-hydrogen) atoms. The van der Waals surface area contributed by atoms with E-state index in [9.17, 15) is 0 Å². The second-order valence-electron chi connectivity index (χ2n) is 3.44. The van der Waals surface area contributed by atoms with Crippen LogP contribution in [0.15, 0.2) is 17.0 Å². The molecule has 1 aliphatic rings. The summed E-state index contributed by atoms with van der Waals surface area (Å²) < 4.78 is 8.17. The number of hydrogen-bond donors (Lipinski definition) is 0. The van der Waals surface area contributed by atoms with E-state index in [2.05, 4.69) is 30.5 Å². The van der Waals surface area contributed by atoms with Crippen molar-refractivity contribution in [3.63, 3.8) is 0 Å². The lowest BCUT2D eigenvalue weighted by Crippen LogP contribution is -2.30. The van der Waals surface area contributed by atoms with E-state index in [-0.39, 0.29) is 0 Å². The van der Waals surface area contributed by atoms with Crippen molar-refractivity contribution in [3.8, 4) is 0 Å². The number of nitrogens with zero attached hydrogens (tertiary/aromatic N) is 3. The van der Waals surface area contributed by atoms with E-state index in [0.29, 0.717) is 11.2 Å². The quantitative estimate of drug-likeness (QED) is 0.757. The van der Waals surface area contributed by atoms with Crippen molar-refractivity contribution in [2.24, 2.45) is 0 Å². The number of fused-ring (bicyclic) bond motifs is 1. The SMILES string of the molecule is Clc1ncnc2c1c(Br)cn2C1COC1. The number of hydrogen-bond acceptors (Lipinski definition) is 3. The van der Waals surface area contributed by atoms with Crippen molar-refractivity contribution in [1.82, 2.24) is 14.5 Å². The molecule has 0 unspecified atom stereocenters. The van der Waals surface area contributed by atoms with Gasteiger partial charge in [0.2, 0.25) is 0 Å². The Kier molecular flexibility index (Phi) is 2.19. The zero-order valence-electron chi connectivity index (χ0n) is 7.65. The van der Waals surface area contributed by atoms with Gasteiger partial charge in [-0.2, -0.15) is 0 Å². The third-order valence-corrected chi connectivity index (χ3v) is 3.42. The number of halogens is 2. The second-order valence-corrected chi connectivity index (χ2v) is 4.65. The summed E-state index contributed by atoms with van der Waals surface area (Å²) in [6.45, 7) is 1.47. The van der Waals surface area contributed by atoms with Gasteiger partial charge in [0.1, 0.15) is 17.1 Å². The first kappa shape index (κ1) is 9.57. The van der Waals surface area contributed by atoms with Gasteiger partial charge in [-0.05, 0) is 15.9 Å². The van der Waals surface area contributed by atoms with Crippen LogP contribution in [0.1, 0.15) is 6.04 Å². The fourth-order valence-corrected chi connectivity index (χ4v) is 2.60. The topological polar surface area (TPSA) is 39.9 Å². The Labute approximate surface area is 99.3 Å². The monoisotopic (exact) mass is 287 g/mol. The maximum atomic E-state index is 6.02. The molecule has 0 spiro atoms. The van der Waals surface area contributed by atoms with E-state index < -0.39 is 0 Å². The van der Waals surface area contributed by atoms with E-state index in [1.165, 1.54) is 6.33 Å². The van der Waals surface area contributed by atoms with E-state index in [1.54, 1.807) is 0 Å². The van der Waals surface area contributed by atoms with Gasteiger partial charge >= 0.3 is 0 Å². The minimum atomic E-state index is 0.366. The Balaban J connectivity index is 2.27. The molecule has 2 aromatic heterocycles. The molecular weight excluding hydrogens is 281 g/mol. The average Bonchev–Trinajstić information content (AvgIpc) is 2.43. The first-order chi connectivity index (χ1) is 7.27. The van der Waals surface area contributed by atoms with Crippen LogP contribution in [-0.4, -0.2) is 27.7 Å². The highest BCUT2D eigenvalue weighted by Crippen LogP contribution is 2.33. The molecule has 1 aliphatic heterocycles. The van der Waals surface area contributed by atoms with Crippen LogP contribution in [0.2, 0.25) is 5.15 Å². The Morgan fingerprint density at radius 3 is 2.93 bits per heavy atom. The van der Waals surface area contributed by atoms with Crippen LogP contribution < -0.4 is 0 Å². The summed E-state index contributed by atoms with van der Waals surface area (Å²) in [7, 11) is 0. The summed E-state index contributed by atoms with van der Waals surface area (Å²) in [5.74, 6) is 0. The molecule has 0 amide bonds. The minimum Gasteiger partial charge on any atom is -0.377 e. The fourth-order valence-electron chi connectivity index (χ4n) is 1.67. The Morgan fingerprint density at radius 1 is 1.47 bits per heavy atom. The third-order valence-electron chi connectivity index (χ3n) is 2.53. The Morgan fingerprint density at radius 2 is 2.27 bits per heavy atom. The van der Waals surface area contributed by atoms with Gasteiger partial charge in [0, 0.05) is 10.7 Å². The smallest absolute Gasteiger partial charge is 0.146 e. The average molecular weight is 289 g/mol. The molecule has 0 bridgehead atoms. The molecule has 4 nitrogen and oxygen atoms in total. The van der Waals surface area contributed by atoms with Crippen molar-refractivity contribution < 1.29 is 4.74 Å². The van der Waals surface area contributed by atoms with Crippen LogP contribution in [0, 0.1) is 0 Å². The molecule has 6 heteroatoms. The summed E-state index contributed by atoms with van der Waals surface area (Å²) in [5.41, 5.74) is 0.857. The highest BCUT2D eigenvalue weighted by atomic mass is 79.9. The Hall–Kier alpha value is -0.650. The van der Waals surface area contributed by atoms with Gasteiger partial charge in [0.15, 0.2) is 0 Å². The molecule has 0 N–H and O–H groups in total. The van der Waals surface area contributed by atoms with Gasteiger partial charge in [-0.15, -0.1) is 0 Å². The molecule has 3 rings (SSSR count). The zero-order chi connectivity index (χ0) is 10.4. The molecular formula is C9H7BrClN3O. The molecule has 0 aromatic carbocycles.